The highest BCUT2D eigenvalue weighted by atomic mass is 19.3. The molecular weight excluding hydrogens is 264 g/mol. The molecule has 1 fully saturated rings. The standard InChI is InChI=1S/C14H15F2N3O/c15-14(16)2-4-19(5-3-14)13-10(8-17)7-11-9-20-6-1-12(11)18-13/h7H,1-6,9H2. The normalized spacial score (nSPS) is 21.1. The van der Waals surface area contributed by atoms with Crippen molar-refractivity contribution in [3.05, 3.63) is 22.9 Å². The van der Waals surface area contributed by atoms with Crippen molar-refractivity contribution in [1.82, 2.24) is 4.98 Å². The molecule has 2 aliphatic rings. The smallest absolute Gasteiger partial charge is 0.251 e. The molecule has 3 rings (SSSR count). The van der Waals surface area contributed by atoms with E-state index in [-0.39, 0.29) is 25.9 Å². The van der Waals surface area contributed by atoms with Crippen LogP contribution in [0.5, 0.6) is 0 Å². The highest BCUT2D eigenvalue weighted by Gasteiger charge is 2.35. The zero-order valence-corrected chi connectivity index (χ0v) is 11.0. The van der Waals surface area contributed by atoms with Crippen LogP contribution >= 0.6 is 0 Å². The van der Waals surface area contributed by atoms with Gasteiger partial charge in [-0.05, 0) is 6.07 Å². The molecule has 0 saturated carbocycles. The zero-order chi connectivity index (χ0) is 14.2. The summed E-state index contributed by atoms with van der Waals surface area (Å²) in [5.74, 6) is -2.05. The first-order valence-electron chi connectivity index (χ1n) is 6.72. The maximum atomic E-state index is 13.2. The van der Waals surface area contributed by atoms with Crippen molar-refractivity contribution in [1.29, 1.82) is 5.26 Å². The van der Waals surface area contributed by atoms with Gasteiger partial charge in [-0.25, -0.2) is 13.8 Å². The van der Waals surface area contributed by atoms with Gasteiger partial charge in [0.25, 0.3) is 5.92 Å². The quantitative estimate of drug-likeness (QED) is 0.791. The van der Waals surface area contributed by atoms with Crippen molar-refractivity contribution in [2.24, 2.45) is 0 Å². The number of hydrogen-bond donors (Lipinski definition) is 0. The number of halogens is 2. The number of rotatable bonds is 1. The molecule has 6 heteroatoms. The number of fused-ring (bicyclic) bond motifs is 1. The Morgan fingerprint density at radius 1 is 1.35 bits per heavy atom. The van der Waals surface area contributed by atoms with Crippen LogP contribution in [0, 0.1) is 11.3 Å². The average Bonchev–Trinajstić information content (AvgIpc) is 2.46. The van der Waals surface area contributed by atoms with Gasteiger partial charge in [0.15, 0.2) is 0 Å². The Hall–Kier alpha value is -1.74. The van der Waals surface area contributed by atoms with Crippen molar-refractivity contribution in [2.45, 2.75) is 31.8 Å². The molecule has 3 heterocycles. The third-order valence-electron chi connectivity index (χ3n) is 3.83. The molecule has 0 amide bonds. The highest BCUT2D eigenvalue weighted by Crippen LogP contribution is 2.32. The van der Waals surface area contributed by atoms with E-state index in [9.17, 15) is 14.0 Å². The number of piperidine rings is 1. The minimum Gasteiger partial charge on any atom is -0.376 e. The summed E-state index contributed by atoms with van der Waals surface area (Å²) in [5, 5.41) is 9.25. The van der Waals surface area contributed by atoms with Crippen LogP contribution in [0.4, 0.5) is 14.6 Å². The van der Waals surface area contributed by atoms with Gasteiger partial charge in [-0.3, -0.25) is 0 Å². The second kappa shape index (κ2) is 4.98. The summed E-state index contributed by atoms with van der Waals surface area (Å²) in [6.45, 7) is 1.56. The summed E-state index contributed by atoms with van der Waals surface area (Å²) < 4.78 is 31.8. The van der Waals surface area contributed by atoms with E-state index in [1.807, 2.05) is 0 Å². The maximum Gasteiger partial charge on any atom is 0.251 e. The lowest BCUT2D eigenvalue weighted by molar-refractivity contribution is -0.0221. The van der Waals surface area contributed by atoms with Gasteiger partial charge in [-0.1, -0.05) is 0 Å². The second-order valence-corrected chi connectivity index (χ2v) is 5.22. The topological polar surface area (TPSA) is 49.2 Å². The molecule has 0 unspecified atom stereocenters. The Labute approximate surface area is 116 Å². The Balaban J connectivity index is 1.91. The molecule has 4 nitrogen and oxygen atoms in total. The van der Waals surface area contributed by atoms with Gasteiger partial charge in [0.1, 0.15) is 11.9 Å². The molecule has 0 radical (unpaired) electrons. The number of hydrogen-bond acceptors (Lipinski definition) is 4. The van der Waals surface area contributed by atoms with Gasteiger partial charge < -0.3 is 9.64 Å². The van der Waals surface area contributed by atoms with E-state index in [0.29, 0.717) is 31.0 Å². The number of anilines is 1. The second-order valence-electron chi connectivity index (χ2n) is 5.22. The molecule has 0 N–H and O–H groups in total. The van der Waals surface area contributed by atoms with Crippen molar-refractivity contribution >= 4 is 5.82 Å². The Kier molecular flexibility index (Phi) is 3.30. The van der Waals surface area contributed by atoms with E-state index >= 15 is 0 Å². The van der Waals surface area contributed by atoms with E-state index in [0.717, 1.165) is 11.3 Å². The Bertz CT molecular complexity index is 558. The minimum atomic E-state index is -2.59. The molecule has 20 heavy (non-hydrogen) atoms. The number of ether oxygens (including phenoxy) is 1. The molecule has 0 spiro atoms. The lowest BCUT2D eigenvalue weighted by Gasteiger charge is -2.33. The van der Waals surface area contributed by atoms with Crippen LogP contribution < -0.4 is 4.90 Å². The van der Waals surface area contributed by atoms with Crippen molar-refractivity contribution < 1.29 is 13.5 Å². The molecule has 0 bridgehead atoms. The van der Waals surface area contributed by atoms with Crippen LogP contribution in [0.2, 0.25) is 0 Å². The van der Waals surface area contributed by atoms with Gasteiger partial charge in [0, 0.05) is 37.9 Å². The van der Waals surface area contributed by atoms with Crippen LogP contribution in [0.25, 0.3) is 0 Å². The first-order chi connectivity index (χ1) is 9.59. The molecule has 0 atom stereocenters. The maximum absolute atomic E-state index is 13.2. The predicted molar refractivity (Wildman–Crippen MR) is 68.7 cm³/mol. The number of alkyl halides is 2. The molecule has 106 valence electrons. The van der Waals surface area contributed by atoms with E-state index in [1.54, 1.807) is 11.0 Å². The fraction of sp³-hybridized carbons (Fsp3) is 0.571. The van der Waals surface area contributed by atoms with Gasteiger partial charge in [-0.2, -0.15) is 5.26 Å². The van der Waals surface area contributed by atoms with Crippen LogP contribution in [0.15, 0.2) is 6.07 Å². The number of aromatic nitrogens is 1. The summed E-state index contributed by atoms with van der Waals surface area (Å²) in [6, 6.07) is 3.90. The molecule has 1 aromatic rings. The fourth-order valence-corrected chi connectivity index (χ4v) is 2.64. The van der Waals surface area contributed by atoms with Gasteiger partial charge in [0.2, 0.25) is 0 Å². The van der Waals surface area contributed by atoms with E-state index in [4.69, 9.17) is 4.74 Å². The van der Waals surface area contributed by atoms with Gasteiger partial charge >= 0.3 is 0 Å². The predicted octanol–water partition coefficient (Wildman–Crippen LogP) is 2.26. The summed E-state index contributed by atoms with van der Waals surface area (Å²) in [7, 11) is 0. The van der Waals surface area contributed by atoms with Gasteiger partial charge in [-0.15, -0.1) is 0 Å². The number of nitrogens with zero attached hydrogens (tertiary/aromatic N) is 3. The van der Waals surface area contributed by atoms with Crippen molar-refractivity contribution in [2.75, 3.05) is 24.6 Å². The summed E-state index contributed by atoms with van der Waals surface area (Å²) in [5.41, 5.74) is 2.29. The monoisotopic (exact) mass is 279 g/mol. The molecule has 0 aliphatic carbocycles. The first-order valence-corrected chi connectivity index (χ1v) is 6.72. The van der Waals surface area contributed by atoms with Crippen LogP contribution in [-0.2, 0) is 17.8 Å². The summed E-state index contributed by atoms with van der Waals surface area (Å²) in [4.78, 5) is 6.33. The zero-order valence-electron chi connectivity index (χ0n) is 11.0. The van der Waals surface area contributed by atoms with E-state index in [1.165, 1.54) is 0 Å². The van der Waals surface area contributed by atoms with Crippen LogP contribution in [0.3, 0.4) is 0 Å². The lowest BCUT2D eigenvalue weighted by Crippen LogP contribution is -2.40. The third kappa shape index (κ3) is 2.46. The lowest BCUT2D eigenvalue weighted by atomic mass is 10.0. The molecule has 1 aromatic heterocycles. The summed E-state index contributed by atoms with van der Waals surface area (Å²) in [6.07, 6.45) is 0.345. The molecule has 0 aromatic carbocycles. The molecular formula is C14H15F2N3O. The fourth-order valence-electron chi connectivity index (χ4n) is 2.64. The van der Waals surface area contributed by atoms with E-state index < -0.39 is 5.92 Å². The minimum absolute atomic E-state index is 0.181. The molecule has 2 aliphatic heterocycles. The summed E-state index contributed by atoms with van der Waals surface area (Å²) >= 11 is 0. The third-order valence-corrected chi connectivity index (χ3v) is 3.83. The Morgan fingerprint density at radius 2 is 2.10 bits per heavy atom. The van der Waals surface area contributed by atoms with Crippen LogP contribution in [0.1, 0.15) is 29.7 Å². The first kappa shape index (κ1) is 13.3. The van der Waals surface area contributed by atoms with Crippen LogP contribution in [-0.4, -0.2) is 30.6 Å². The Morgan fingerprint density at radius 3 is 2.80 bits per heavy atom. The number of pyridine rings is 1. The SMILES string of the molecule is N#Cc1cc2c(nc1N1CCC(F)(F)CC1)CCOC2. The van der Waals surface area contributed by atoms with Gasteiger partial charge in [0.05, 0.1) is 24.5 Å². The van der Waals surface area contributed by atoms with Crippen molar-refractivity contribution in [3.8, 4) is 6.07 Å². The average molecular weight is 279 g/mol. The molecule has 1 saturated heterocycles. The largest absolute Gasteiger partial charge is 0.376 e. The highest BCUT2D eigenvalue weighted by molar-refractivity contribution is 5.56. The van der Waals surface area contributed by atoms with E-state index in [2.05, 4.69) is 11.1 Å². The number of nitriles is 1. The van der Waals surface area contributed by atoms with Crippen molar-refractivity contribution in [3.63, 3.8) is 0 Å².